The number of nitrogens with zero attached hydrogens (tertiary/aromatic N) is 6. The van der Waals surface area contributed by atoms with Crippen molar-refractivity contribution in [3.63, 3.8) is 0 Å². The number of fused-ring (bicyclic) bond motifs is 1. The molecule has 0 saturated carbocycles. The van der Waals surface area contributed by atoms with E-state index in [1.165, 1.54) is 0 Å². The van der Waals surface area contributed by atoms with Crippen LogP contribution in [-0.2, 0) is 29.7 Å². The first-order chi connectivity index (χ1) is 16.4. The molecule has 0 atom stereocenters. The topological polar surface area (TPSA) is 129 Å². The molecule has 0 unspecified atom stereocenters. The summed E-state index contributed by atoms with van der Waals surface area (Å²) < 4.78 is 4.81. The highest BCUT2D eigenvalue weighted by Gasteiger charge is 2.14. The molecule has 0 aliphatic heterocycles. The number of anilines is 2. The Labute approximate surface area is 195 Å². The third-order valence-electron chi connectivity index (χ3n) is 5.35. The predicted molar refractivity (Wildman–Crippen MR) is 128 cm³/mol. The summed E-state index contributed by atoms with van der Waals surface area (Å²) in [6.45, 7) is 4.78. The number of imidazole rings is 1. The fourth-order valence-electron chi connectivity index (χ4n) is 3.71. The minimum Gasteiger partial charge on any atom is -0.326 e. The number of hydrogen-bond donors (Lipinski definition) is 2. The van der Waals surface area contributed by atoms with Crippen molar-refractivity contribution >= 4 is 34.5 Å². The van der Waals surface area contributed by atoms with Crippen molar-refractivity contribution < 1.29 is 9.59 Å². The van der Waals surface area contributed by atoms with Crippen LogP contribution in [0.3, 0.4) is 0 Å². The lowest BCUT2D eigenvalue weighted by Crippen LogP contribution is -2.23. The Kier molecular flexibility index (Phi) is 6.53. The van der Waals surface area contributed by atoms with Gasteiger partial charge in [0.1, 0.15) is 12.1 Å². The molecule has 11 nitrogen and oxygen atoms in total. The molecule has 0 spiro atoms. The van der Waals surface area contributed by atoms with E-state index in [-0.39, 0.29) is 30.3 Å². The van der Waals surface area contributed by atoms with Crippen molar-refractivity contribution in [2.75, 3.05) is 10.6 Å². The summed E-state index contributed by atoms with van der Waals surface area (Å²) in [4.78, 5) is 45.9. The quantitative estimate of drug-likeness (QED) is 0.414. The number of benzene rings is 1. The van der Waals surface area contributed by atoms with E-state index in [2.05, 4.69) is 25.7 Å². The van der Waals surface area contributed by atoms with Gasteiger partial charge in [-0.15, -0.1) is 0 Å². The van der Waals surface area contributed by atoms with E-state index in [0.29, 0.717) is 36.1 Å². The fourth-order valence-corrected chi connectivity index (χ4v) is 3.71. The molecule has 4 rings (SSSR count). The average molecular weight is 463 g/mol. The number of pyridine rings is 1. The van der Waals surface area contributed by atoms with Gasteiger partial charge in [-0.05, 0) is 38.1 Å². The van der Waals surface area contributed by atoms with E-state index in [1.807, 2.05) is 19.9 Å². The molecule has 2 amide bonds. The highest BCUT2D eigenvalue weighted by molar-refractivity contribution is 5.97. The van der Waals surface area contributed by atoms with E-state index in [4.69, 9.17) is 0 Å². The van der Waals surface area contributed by atoms with Crippen molar-refractivity contribution in [3.8, 4) is 11.4 Å². The number of amides is 2. The van der Waals surface area contributed by atoms with Crippen LogP contribution >= 0.6 is 0 Å². The molecule has 34 heavy (non-hydrogen) atoms. The number of carbonyl (C=O) groups is 2. The van der Waals surface area contributed by atoms with Crippen LogP contribution in [0.5, 0.6) is 0 Å². The molecular formula is C23H26N8O3. The van der Waals surface area contributed by atoms with Gasteiger partial charge in [0.15, 0.2) is 11.5 Å². The van der Waals surface area contributed by atoms with E-state index < -0.39 is 0 Å². The van der Waals surface area contributed by atoms with Crippen molar-refractivity contribution in [2.45, 2.75) is 39.8 Å². The maximum Gasteiger partial charge on any atom is 0.330 e. The summed E-state index contributed by atoms with van der Waals surface area (Å²) in [5.74, 6) is 0.271. The molecule has 0 aliphatic rings. The lowest BCUT2D eigenvalue weighted by molar-refractivity contribution is -0.121. The van der Waals surface area contributed by atoms with Crippen molar-refractivity contribution in [3.05, 3.63) is 53.2 Å². The van der Waals surface area contributed by atoms with E-state index in [9.17, 15) is 14.4 Å². The molecule has 3 heterocycles. The van der Waals surface area contributed by atoms with Crippen LogP contribution in [0.4, 0.5) is 11.5 Å². The first-order valence-corrected chi connectivity index (χ1v) is 11.1. The van der Waals surface area contributed by atoms with Gasteiger partial charge in [0.05, 0.1) is 5.52 Å². The van der Waals surface area contributed by atoms with Crippen LogP contribution in [-0.4, -0.2) is 40.7 Å². The van der Waals surface area contributed by atoms with Gasteiger partial charge >= 0.3 is 5.69 Å². The minimum atomic E-state index is -0.339. The smallest absolute Gasteiger partial charge is 0.326 e. The summed E-state index contributed by atoms with van der Waals surface area (Å²) in [7, 11) is 1.78. The Morgan fingerprint density at radius 3 is 2.38 bits per heavy atom. The largest absolute Gasteiger partial charge is 0.330 e. The van der Waals surface area contributed by atoms with Crippen LogP contribution in [0.15, 0.2) is 47.5 Å². The van der Waals surface area contributed by atoms with Crippen molar-refractivity contribution in [1.29, 1.82) is 0 Å². The maximum atomic E-state index is 12.5. The van der Waals surface area contributed by atoms with Crippen molar-refractivity contribution in [2.24, 2.45) is 7.05 Å². The van der Waals surface area contributed by atoms with Crippen LogP contribution < -0.4 is 16.3 Å². The molecule has 176 valence electrons. The van der Waals surface area contributed by atoms with Gasteiger partial charge in [-0.2, -0.15) is 5.10 Å². The number of hydrogen-bond acceptors (Lipinski definition) is 6. The summed E-state index contributed by atoms with van der Waals surface area (Å²) >= 11 is 0. The maximum absolute atomic E-state index is 12.5. The third-order valence-corrected chi connectivity index (χ3v) is 5.35. The van der Waals surface area contributed by atoms with Crippen LogP contribution in [0.2, 0.25) is 0 Å². The zero-order chi connectivity index (χ0) is 24.2. The molecule has 11 heteroatoms. The average Bonchev–Trinajstić information content (AvgIpc) is 3.37. The normalized spacial score (nSPS) is 11.0. The number of aromatic nitrogens is 6. The molecule has 0 bridgehead atoms. The highest BCUT2D eigenvalue weighted by Crippen LogP contribution is 2.19. The third kappa shape index (κ3) is 4.72. The fraction of sp³-hybridized carbons (Fsp3) is 0.304. The van der Waals surface area contributed by atoms with Gasteiger partial charge in [0.25, 0.3) is 0 Å². The molecular weight excluding hydrogens is 436 g/mol. The molecule has 2 N–H and O–H groups in total. The lowest BCUT2D eigenvalue weighted by Gasteiger charge is -2.07. The van der Waals surface area contributed by atoms with Gasteiger partial charge in [-0.25, -0.2) is 14.8 Å². The molecule has 4 aromatic rings. The second-order valence-electron chi connectivity index (χ2n) is 7.73. The highest BCUT2D eigenvalue weighted by atomic mass is 16.2. The molecule has 3 aromatic heterocycles. The first kappa shape index (κ1) is 22.9. The van der Waals surface area contributed by atoms with Gasteiger partial charge in [0.2, 0.25) is 11.8 Å². The first-order valence-electron chi connectivity index (χ1n) is 11.1. The standard InChI is InChI=1S/C23H26N8O3/c1-4-30-17-9-10-18(27-22(17)31(5-2)23(30)34)26-20(33)12-11-19(32)25-16-8-6-7-15(13-16)21-24-14-29(3)28-21/h6-10,13-14H,4-5,11-12H2,1-3H3,(H,25,32)(H,26,27,33). The Bertz CT molecular complexity index is 1420. The molecule has 1 aromatic carbocycles. The molecule has 0 fully saturated rings. The summed E-state index contributed by atoms with van der Waals surface area (Å²) in [6.07, 6.45) is 1.60. The van der Waals surface area contributed by atoms with E-state index in [0.717, 1.165) is 11.1 Å². The summed E-state index contributed by atoms with van der Waals surface area (Å²) in [5, 5.41) is 9.76. The zero-order valence-electron chi connectivity index (χ0n) is 19.3. The monoisotopic (exact) mass is 462 g/mol. The molecule has 0 radical (unpaired) electrons. The molecule has 0 saturated heterocycles. The Hall–Kier alpha value is -4.28. The van der Waals surface area contributed by atoms with Crippen molar-refractivity contribution in [1.82, 2.24) is 28.9 Å². The van der Waals surface area contributed by atoms with E-state index >= 15 is 0 Å². The predicted octanol–water partition coefficient (Wildman–Crippen LogP) is 2.39. The Morgan fingerprint density at radius 2 is 1.71 bits per heavy atom. The summed E-state index contributed by atoms with van der Waals surface area (Å²) in [5.41, 5.74) is 2.48. The van der Waals surface area contributed by atoms with Crippen LogP contribution in [0.25, 0.3) is 22.6 Å². The lowest BCUT2D eigenvalue weighted by atomic mass is 10.2. The number of aryl methyl sites for hydroxylation is 3. The van der Waals surface area contributed by atoms with Gasteiger partial charge in [-0.1, -0.05) is 12.1 Å². The zero-order valence-corrected chi connectivity index (χ0v) is 19.3. The van der Waals surface area contributed by atoms with Crippen LogP contribution in [0.1, 0.15) is 26.7 Å². The van der Waals surface area contributed by atoms with Gasteiger partial charge in [-0.3, -0.25) is 23.4 Å². The Morgan fingerprint density at radius 1 is 0.971 bits per heavy atom. The number of carbonyl (C=O) groups excluding carboxylic acids is 2. The summed E-state index contributed by atoms with van der Waals surface area (Å²) in [6, 6.07) is 10.6. The Balaban J connectivity index is 1.36. The number of rotatable bonds is 8. The second-order valence-corrected chi connectivity index (χ2v) is 7.73. The van der Waals surface area contributed by atoms with Crippen LogP contribution in [0, 0.1) is 0 Å². The SMILES string of the molecule is CCn1c(=O)n(CC)c2nc(NC(=O)CCC(=O)Nc3cccc(-c4ncn(C)n4)c3)ccc21. The van der Waals surface area contributed by atoms with E-state index in [1.54, 1.807) is 57.5 Å². The minimum absolute atomic E-state index is 0.00597. The van der Waals surface area contributed by atoms with Gasteiger partial charge < -0.3 is 10.6 Å². The molecule has 0 aliphatic carbocycles. The van der Waals surface area contributed by atoms with Gasteiger partial charge in [0, 0.05) is 44.2 Å². The second kappa shape index (κ2) is 9.69. The number of nitrogens with one attached hydrogen (secondary N) is 2.